The van der Waals surface area contributed by atoms with Crippen molar-refractivity contribution in [1.29, 1.82) is 0 Å². The third-order valence-electron chi connectivity index (χ3n) is 4.59. The molecule has 0 saturated heterocycles. The lowest BCUT2D eigenvalue weighted by Gasteiger charge is -2.21. The maximum atomic E-state index is 12.1. The first-order valence-electron chi connectivity index (χ1n) is 9.84. The molecule has 12 nitrogen and oxygen atoms in total. The zero-order valence-electron chi connectivity index (χ0n) is 17.6. The monoisotopic (exact) mass is 478 g/mol. The summed E-state index contributed by atoms with van der Waals surface area (Å²) in [4.78, 5) is 47.2. The topological polar surface area (TPSA) is 208 Å². The van der Waals surface area contributed by atoms with Gasteiger partial charge in [-0.3, -0.25) is 9.59 Å². The van der Waals surface area contributed by atoms with Gasteiger partial charge in [0.2, 0.25) is 12.2 Å². The maximum absolute atomic E-state index is 12.1. The Balaban J connectivity index is 1.98. The lowest BCUT2D eigenvalue weighted by molar-refractivity contribution is -0.187. The average Bonchev–Trinajstić information content (AvgIpc) is 2.77. The normalized spacial score (nSPS) is 12.4. The number of esters is 2. The van der Waals surface area contributed by atoms with Crippen LogP contribution in [0, 0.1) is 0 Å². The van der Waals surface area contributed by atoms with Crippen molar-refractivity contribution < 1.29 is 59.3 Å². The maximum Gasteiger partial charge on any atom is 0.349 e. The van der Waals surface area contributed by atoms with Gasteiger partial charge in [0.15, 0.2) is 23.0 Å². The van der Waals surface area contributed by atoms with Crippen molar-refractivity contribution in [2.45, 2.75) is 37.9 Å². The first-order chi connectivity index (χ1) is 16.0. The molecule has 2 atom stereocenters. The molecule has 0 aliphatic carbocycles. The summed E-state index contributed by atoms with van der Waals surface area (Å²) < 4.78 is 9.47. The van der Waals surface area contributed by atoms with Gasteiger partial charge in [-0.1, -0.05) is 12.1 Å². The molecule has 0 spiro atoms. The molecule has 182 valence electrons. The summed E-state index contributed by atoms with van der Waals surface area (Å²) >= 11 is 0. The van der Waals surface area contributed by atoms with Gasteiger partial charge < -0.3 is 40.1 Å². The van der Waals surface area contributed by atoms with E-state index >= 15 is 0 Å². The van der Waals surface area contributed by atoms with Crippen molar-refractivity contribution in [3.63, 3.8) is 0 Å². The molecule has 2 unspecified atom stereocenters. The third-order valence-corrected chi connectivity index (χ3v) is 4.59. The molecule has 0 amide bonds. The highest BCUT2D eigenvalue weighted by Crippen LogP contribution is 2.26. The van der Waals surface area contributed by atoms with Gasteiger partial charge in [0.25, 0.3) is 0 Å². The van der Waals surface area contributed by atoms with Crippen molar-refractivity contribution in [1.82, 2.24) is 0 Å². The summed E-state index contributed by atoms with van der Waals surface area (Å²) in [6.07, 6.45) is -5.46. The first kappa shape index (κ1) is 25.8. The van der Waals surface area contributed by atoms with Crippen molar-refractivity contribution in [2.24, 2.45) is 0 Å². The van der Waals surface area contributed by atoms with Crippen LogP contribution in [0.3, 0.4) is 0 Å². The second kappa shape index (κ2) is 11.4. The van der Waals surface area contributed by atoms with E-state index in [9.17, 15) is 49.8 Å². The Morgan fingerprint density at radius 3 is 1.26 bits per heavy atom. The van der Waals surface area contributed by atoms with Crippen LogP contribution in [-0.4, -0.2) is 66.7 Å². The van der Waals surface area contributed by atoms with Crippen LogP contribution in [-0.2, 0) is 41.5 Å². The summed E-state index contributed by atoms with van der Waals surface area (Å²) in [6, 6.07) is 7.57. The number of carboxylic acid groups (broad SMARTS) is 2. The van der Waals surface area contributed by atoms with Crippen molar-refractivity contribution in [3.05, 3.63) is 47.5 Å². The largest absolute Gasteiger partial charge is 0.504 e. The molecular weight excluding hydrogens is 456 g/mol. The van der Waals surface area contributed by atoms with Crippen LogP contribution in [0.2, 0.25) is 0 Å². The number of ether oxygens (including phenoxy) is 2. The van der Waals surface area contributed by atoms with E-state index in [2.05, 4.69) is 0 Å². The van der Waals surface area contributed by atoms with E-state index in [1.54, 1.807) is 0 Å². The van der Waals surface area contributed by atoms with Crippen LogP contribution in [0.1, 0.15) is 24.0 Å². The zero-order chi connectivity index (χ0) is 25.4. The molecule has 6 N–H and O–H groups in total. The fourth-order valence-corrected chi connectivity index (χ4v) is 2.83. The number of carbonyl (C=O) groups is 4. The molecule has 0 aliphatic heterocycles. The first-order valence-corrected chi connectivity index (χ1v) is 9.84. The Morgan fingerprint density at radius 2 is 0.971 bits per heavy atom. The highest BCUT2D eigenvalue weighted by Gasteiger charge is 2.40. The number of aryl methyl sites for hydroxylation is 2. The lowest BCUT2D eigenvalue weighted by atomic mass is 10.1. The standard InChI is InChI=1S/C22H22O12/c23-13-5-1-11(9-15(13)25)3-7-17(27)33-19(21(29)30)20(22(31)32)34-18(28)8-4-12-2-6-14(24)16(26)10-12/h1-2,5-6,9-10,19-20,23-26H,3-4,7-8H2,(H,29,30)(H,31,32). The second-order valence-corrected chi connectivity index (χ2v) is 7.14. The molecule has 0 radical (unpaired) electrons. The van der Waals surface area contributed by atoms with Gasteiger partial charge in [0, 0.05) is 12.8 Å². The van der Waals surface area contributed by atoms with Gasteiger partial charge in [-0.15, -0.1) is 0 Å². The van der Waals surface area contributed by atoms with Gasteiger partial charge in [-0.05, 0) is 48.2 Å². The molecule has 0 heterocycles. The Morgan fingerprint density at radius 1 is 0.618 bits per heavy atom. The number of aliphatic carboxylic acids is 2. The van der Waals surface area contributed by atoms with Gasteiger partial charge in [0.05, 0.1) is 0 Å². The highest BCUT2D eigenvalue weighted by atomic mass is 16.6. The van der Waals surface area contributed by atoms with E-state index in [0.29, 0.717) is 11.1 Å². The number of benzene rings is 2. The Hall–Kier alpha value is -4.48. The smallest absolute Gasteiger partial charge is 0.349 e. The van der Waals surface area contributed by atoms with Gasteiger partial charge >= 0.3 is 23.9 Å². The highest BCUT2D eigenvalue weighted by molar-refractivity contribution is 5.87. The minimum absolute atomic E-state index is 0.0178. The molecule has 2 aromatic rings. The second-order valence-electron chi connectivity index (χ2n) is 7.14. The molecule has 2 aromatic carbocycles. The molecule has 12 heteroatoms. The predicted molar refractivity (Wildman–Crippen MR) is 111 cm³/mol. The van der Waals surface area contributed by atoms with E-state index in [4.69, 9.17) is 9.47 Å². The molecule has 2 rings (SSSR count). The molecule has 0 aliphatic rings. The molecule has 0 fully saturated rings. The summed E-state index contributed by atoms with van der Waals surface area (Å²) in [5.74, 6) is -7.47. The number of aromatic hydroxyl groups is 4. The molecule has 0 aromatic heterocycles. The predicted octanol–water partition coefficient (Wildman–Crippen LogP) is 1.07. The van der Waals surface area contributed by atoms with E-state index < -0.39 is 60.4 Å². The van der Waals surface area contributed by atoms with Crippen molar-refractivity contribution in [2.75, 3.05) is 0 Å². The average molecular weight is 478 g/mol. The van der Waals surface area contributed by atoms with Crippen molar-refractivity contribution in [3.8, 4) is 23.0 Å². The summed E-state index contributed by atoms with van der Waals surface area (Å²) in [6.45, 7) is 0. The van der Waals surface area contributed by atoms with E-state index in [-0.39, 0.29) is 24.3 Å². The fraction of sp³-hybridized carbons (Fsp3) is 0.273. The quantitative estimate of drug-likeness (QED) is 0.198. The lowest BCUT2D eigenvalue weighted by Crippen LogP contribution is -2.45. The van der Waals surface area contributed by atoms with Crippen LogP contribution in [0.5, 0.6) is 23.0 Å². The third kappa shape index (κ3) is 7.29. The Bertz CT molecular complexity index is 992. The van der Waals surface area contributed by atoms with Gasteiger partial charge in [0.1, 0.15) is 0 Å². The Labute approximate surface area is 192 Å². The minimum atomic E-state index is -2.32. The number of rotatable bonds is 11. The van der Waals surface area contributed by atoms with Crippen LogP contribution < -0.4 is 0 Å². The Kier molecular flexibility index (Phi) is 8.65. The number of phenolic OH excluding ortho intramolecular Hbond substituents is 4. The number of hydrogen-bond donors (Lipinski definition) is 6. The van der Waals surface area contributed by atoms with Crippen LogP contribution >= 0.6 is 0 Å². The number of carboxylic acids is 2. The van der Waals surface area contributed by atoms with E-state index in [0.717, 1.165) is 0 Å². The van der Waals surface area contributed by atoms with Gasteiger partial charge in [-0.2, -0.15) is 0 Å². The summed E-state index contributed by atoms with van der Waals surface area (Å²) in [7, 11) is 0. The summed E-state index contributed by atoms with van der Waals surface area (Å²) in [5, 5.41) is 56.2. The van der Waals surface area contributed by atoms with E-state index in [1.807, 2.05) is 0 Å². The zero-order valence-corrected chi connectivity index (χ0v) is 17.6. The SMILES string of the molecule is O=C(CCc1ccc(O)c(O)c1)OC(C(=O)O)C(OC(=O)CCc1ccc(O)c(O)c1)C(=O)O. The van der Waals surface area contributed by atoms with Crippen LogP contribution in [0.25, 0.3) is 0 Å². The molecule has 0 bridgehead atoms. The van der Waals surface area contributed by atoms with Crippen molar-refractivity contribution >= 4 is 23.9 Å². The van der Waals surface area contributed by atoms with E-state index in [1.165, 1.54) is 36.4 Å². The summed E-state index contributed by atoms with van der Waals surface area (Å²) in [5.41, 5.74) is 0.834. The minimum Gasteiger partial charge on any atom is -0.504 e. The number of hydrogen-bond acceptors (Lipinski definition) is 10. The fourth-order valence-electron chi connectivity index (χ4n) is 2.83. The molecule has 0 saturated carbocycles. The van der Waals surface area contributed by atoms with Crippen LogP contribution in [0.15, 0.2) is 36.4 Å². The number of phenols is 4. The molecular formula is C22H22O12. The van der Waals surface area contributed by atoms with Gasteiger partial charge in [-0.25, -0.2) is 9.59 Å². The van der Waals surface area contributed by atoms with Crippen LogP contribution in [0.4, 0.5) is 0 Å². The number of carbonyl (C=O) groups excluding carboxylic acids is 2. The molecule has 34 heavy (non-hydrogen) atoms.